The molecule has 0 fully saturated rings. The van der Waals surface area contributed by atoms with Gasteiger partial charge in [0.15, 0.2) is 5.69 Å². The summed E-state index contributed by atoms with van der Waals surface area (Å²) in [7, 11) is 3.86. The number of para-hydroxylation sites is 1. The summed E-state index contributed by atoms with van der Waals surface area (Å²) in [6, 6.07) is 13.9. The minimum Gasteiger partial charge on any atom is -0.629 e. The summed E-state index contributed by atoms with van der Waals surface area (Å²) < 4.78 is 0. The third-order valence-electron chi connectivity index (χ3n) is 3.30. The lowest BCUT2D eigenvalue weighted by molar-refractivity contribution is -0.992. The second-order valence-electron chi connectivity index (χ2n) is 5.00. The molecule has 0 saturated heterocycles. The summed E-state index contributed by atoms with van der Waals surface area (Å²) in [5.74, 6) is 0. The third-order valence-corrected chi connectivity index (χ3v) is 3.30. The second-order valence-corrected chi connectivity index (χ2v) is 5.00. The van der Waals surface area contributed by atoms with Crippen LogP contribution in [0, 0.1) is 10.4 Å². The molecule has 21 heavy (non-hydrogen) atoms. The van der Waals surface area contributed by atoms with Crippen LogP contribution in [0.25, 0.3) is 0 Å². The highest BCUT2D eigenvalue weighted by molar-refractivity contribution is 5.49. The molecule has 2 unspecified atom stereocenters. The van der Waals surface area contributed by atoms with Crippen molar-refractivity contribution < 1.29 is 15.5 Å². The first kappa shape index (κ1) is 15.4. The summed E-state index contributed by atoms with van der Waals surface area (Å²) in [4.78, 5) is 1.95. The molecule has 112 valence electrons. The molecule has 0 radical (unpaired) electrons. The maximum absolute atomic E-state index is 12.3. The van der Waals surface area contributed by atoms with Crippen LogP contribution in [0.3, 0.4) is 0 Å². The Bertz CT molecular complexity index is 585. The number of rotatable bonds is 5. The van der Waals surface area contributed by atoms with Gasteiger partial charge in [0.2, 0.25) is 0 Å². The molecule has 0 aliphatic carbocycles. The lowest BCUT2D eigenvalue weighted by Crippen LogP contribution is -3.02. The topological polar surface area (TPSA) is 78.5 Å². The van der Waals surface area contributed by atoms with Crippen LogP contribution in [0.5, 0.6) is 0 Å². The average Bonchev–Trinajstić information content (AvgIpc) is 2.47. The zero-order chi connectivity index (χ0) is 15.4. The van der Waals surface area contributed by atoms with Crippen molar-refractivity contribution in [2.24, 2.45) is 0 Å². The first-order chi connectivity index (χ1) is 9.99. The quantitative estimate of drug-likeness (QED) is 0.695. The van der Waals surface area contributed by atoms with E-state index in [1.807, 2.05) is 31.1 Å². The standard InChI is InChI=1S/C15H19N3O3/c1-16(2)13-7-9-14(10-8-13)17(19)11-12-5-3-4-6-15(12)18(20)21/h3-10,17-18,20H,11H2,1-2H3. The summed E-state index contributed by atoms with van der Waals surface area (Å²) >= 11 is 0. The van der Waals surface area contributed by atoms with Crippen molar-refractivity contribution in [3.8, 4) is 0 Å². The van der Waals surface area contributed by atoms with E-state index in [-0.39, 0.29) is 17.3 Å². The minimum absolute atomic E-state index is 0.0871. The molecule has 6 nitrogen and oxygen atoms in total. The lowest BCUT2D eigenvalue weighted by Gasteiger charge is -2.24. The fraction of sp³-hybridized carbons (Fsp3) is 0.200. The van der Waals surface area contributed by atoms with E-state index in [0.717, 1.165) is 5.69 Å². The molecule has 0 heterocycles. The highest BCUT2D eigenvalue weighted by Gasteiger charge is 2.12. The zero-order valence-corrected chi connectivity index (χ0v) is 12.0. The lowest BCUT2D eigenvalue weighted by atomic mass is 10.1. The molecule has 0 amide bonds. The molecule has 0 bridgehead atoms. The van der Waals surface area contributed by atoms with Crippen molar-refractivity contribution in [1.29, 1.82) is 0 Å². The van der Waals surface area contributed by atoms with Gasteiger partial charge in [0.1, 0.15) is 12.2 Å². The Balaban J connectivity index is 2.16. The molecule has 2 rings (SSSR count). The van der Waals surface area contributed by atoms with Gasteiger partial charge in [-0.05, 0) is 18.2 Å². The Morgan fingerprint density at radius 1 is 1.00 bits per heavy atom. The highest BCUT2D eigenvalue weighted by Crippen LogP contribution is 2.14. The molecule has 0 aliphatic rings. The molecule has 3 N–H and O–H groups in total. The van der Waals surface area contributed by atoms with Crippen LogP contribution in [0.2, 0.25) is 0 Å². The normalized spacial score (nSPS) is 13.8. The second kappa shape index (κ2) is 6.66. The van der Waals surface area contributed by atoms with Gasteiger partial charge in [-0.15, -0.1) is 0 Å². The molecule has 6 heteroatoms. The predicted octanol–water partition coefficient (Wildman–Crippen LogP) is 0.370. The monoisotopic (exact) mass is 289 g/mol. The van der Waals surface area contributed by atoms with Crippen molar-refractivity contribution in [2.45, 2.75) is 6.54 Å². The minimum atomic E-state index is -1.01. The van der Waals surface area contributed by atoms with E-state index in [2.05, 4.69) is 0 Å². The highest BCUT2D eigenvalue weighted by atomic mass is 16.8. The van der Waals surface area contributed by atoms with Crippen molar-refractivity contribution >= 4 is 17.1 Å². The number of hydrogen-bond donors (Lipinski definition) is 3. The number of quaternary nitrogens is 2. The first-order valence-corrected chi connectivity index (χ1v) is 6.61. The fourth-order valence-electron chi connectivity index (χ4n) is 2.10. The fourth-order valence-corrected chi connectivity index (χ4v) is 2.10. The summed E-state index contributed by atoms with van der Waals surface area (Å²) in [5, 5.41) is 31.4. The van der Waals surface area contributed by atoms with Crippen molar-refractivity contribution in [3.63, 3.8) is 0 Å². The van der Waals surface area contributed by atoms with Gasteiger partial charge >= 0.3 is 0 Å². The molecule has 0 aromatic heterocycles. The van der Waals surface area contributed by atoms with E-state index in [0.29, 0.717) is 11.3 Å². The molecule has 2 aromatic carbocycles. The molecule has 0 aliphatic heterocycles. The number of hydrogen-bond acceptors (Lipinski definition) is 4. The summed E-state index contributed by atoms with van der Waals surface area (Å²) in [5.41, 5.74) is 2.31. The molecule has 0 spiro atoms. The van der Waals surface area contributed by atoms with Crippen molar-refractivity contribution in [2.75, 3.05) is 19.0 Å². The largest absolute Gasteiger partial charge is 0.629 e. The maximum atomic E-state index is 12.3. The van der Waals surface area contributed by atoms with Crippen LogP contribution in [-0.4, -0.2) is 19.3 Å². The van der Waals surface area contributed by atoms with Crippen LogP contribution in [0.1, 0.15) is 5.56 Å². The number of nitrogens with zero attached hydrogens (tertiary/aromatic N) is 1. The van der Waals surface area contributed by atoms with Gasteiger partial charge in [0.25, 0.3) is 0 Å². The van der Waals surface area contributed by atoms with E-state index >= 15 is 0 Å². The van der Waals surface area contributed by atoms with Crippen molar-refractivity contribution in [1.82, 2.24) is 0 Å². The van der Waals surface area contributed by atoms with E-state index in [1.165, 1.54) is 6.07 Å². The number of nitrogens with one attached hydrogen (secondary N) is 2. The van der Waals surface area contributed by atoms with Gasteiger partial charge in [-0.2, -0.15) is 5.23 Å². The van der Waals surface area contributed by atoms with E-state index in [9.17, 15) is 10.4 Å². The molecular formula is C15H19N3O3. The van der Waals surface area contributed by atoms with Gasteiger partial charge < -0.3 is 20.4 Å². The van der Waals surface area contributed by atoms with Gasteiger partial charge in [-0.3, -0.25) is 0 Å². The summed E-state index contributed by atoms with van der Waals surface area (Å²) in [6.45, 7) is 0.0871. The van der Waals surface area contributed by atoms with Gasteiger partial charge in [0.05, 0.1) is 5.56 Å². The zero-order valence-electron chi connectivity index (χ0n) is 12.0. The first-order valence-electron chi connectivity index (χ1n) is 6.61. The van der Waals surface area contributed by atoms with E-state index in [4.69, 9.17) is 5.21 Å². The Morgan fingerprint density at radius 2 is 1.62 bits per heavy atom. The Hall–Kier alpha value is -1.96. The summed E-state index contributed by atoms with van der Waals surface area (Å²) in [6.07, 6.45) is 0. The molecule has 2 atom stereocenters. The molecule has 2 aromatic rings. The Labute approximate surface area is 123 Å². The van der Waals surface area contributed by atoms with Crippen LogP contribution >= 0.6 is 0 Å². The van der Waals surface area contributed by atoms with Crippen molar-refractivity contribution in [3.05, 3.63) is 64.5 Å². The van der Waals surface area contributed by atoms with Crippen LogP contribution < -0.4 is 15.2 Å². The molecular weight excluding hydrogens is 270 g/mol. The third kappa shape index (κ3) is 3.78. The van der Waals surface area contributed by atoms with Gasteiger partial charge in [0, 0.05) is 38.0 Å². The van der Waals surface area contributed by atoms with E-state index < -0.39 is 5.23 Å². The van der Waals surface area contributed by atoms with Crippen LogP contribution in [0.15, 0.2) is 48.5 Å². The smallest absolute Gasteiger partial charge is 0.172 e. The Kier molecular flexibility index (Phi) is 4.89. The number of hydroxylamine groups is 1. The van der Waals surface area contributed by atoms with Crippen LogP contribution in [-0.2, 0) is 6.54 Å². The van der Waals surface area contributed by atoms with Crippen LogP contribution in [0.4, 0.5) is 17.1 Å². The maximum Gasteiger partial charge on any atom is 0.172 e. The number of benzene rings is 2. The van der Waals surface area contributed by atoms with Gasteiger partial charge in [-0.1, -0.05) is 12.1 Å². The van der Waals surface area contributed by atoms with Gasteiger partial charge in [-0.25, -0.2) is 5.21 Å². The number of anilines is 1. The average molecular weight is 289 g/mol. The van der Waals surface area contributed by atoms with E-state index in [1.54, 1.807) is 30.3 Å². The molecule has 0 saturated carbocycles. The SMILES string of the molecule is CN(C)c1ccc([NH+]([O-])Cc2ccccc2[NH+]([O-])O)cc1. The predicted molar refractivity (Wildman–Crippen MR) is 80.7 cm³/mol. The Morgan fingerprint density at radius 3 is 2.19 bits per heavy atom.